The molecule has 0 aromatic heterocycles. The Hall–Kier alpha value is -1.30. The summed E-state index contributed by atoms with van der Waals surface area (Å²) < 4.78 is 38.0. The molecule has 2 aromatic carbocycles. The lowest BCUT2D eigenvalue weighted by atomic mass is 10.2. The Labute approximate surface area is 126 Å². The summed E-state index contributed by atoms with van der Waals surface area (Å²) in [4.78, 5) is -0.0977. The van der Waals surface area contributed by atoms with E-state index < -0.39 is 21.4 Å². The molecule has 20 heavy (non-hydrogen) atoms. The van der Waals surface area contributed by atoms with Crippen LogP contribution in [0.4, 0.5) is 10.1 Å². The SMILES string of the molecule is Nc1ccc(Cl)c(S(=O)(=O)Cc2cccc(F)c2Cl)c1. The van der Waals surface area contributed by atoms with Gasteiger partial charge in [0.1, 0.15) is 5.82 Å². The normalized spacial score (nSPS) is 11.6. The van der Waals surface area contributed by atoms with Crippen molar-refractivity contribution >= 4 is 38.7 Å². The van der Waals surface area contributed by atoms with Crippen LogP contribution in [0.15, 0.2) is 41.3 Å². The number of rotatable bonds is 3. The van der Waals surface area contributed by atoms with Gasteiger partial charge in [-0.25, -0.2) is 12.8 Å². The Morgan fingerprint density at radius 2 is 1.85 bits per heavy atom. The van der Waals surface area contributed by atoms with Gasteiger partial charge < -0.3 is 5.73 Å². The van der Waals surface area contributed by atoms with Crippen LogP contribution in [0.3, 0.4) is 0 Å². The minimum atomic E-state index is -3.77. The van der Waals surface area contributed by atoms with Crippen LogP contribution in [-0.4, -0.2) is 8.42 Å². The molecule has 0 unspecified atom stereocenters. The molecular weight excluding hydrogens is 324 g/mol. The van der Waals surface area contributed by atoms with Crippen molar-refractivity contribution < 1.29 is 12.8 Å². The van der Waals surface area contributed by atoms with E-state index in [4.69, 9.17) is 28.9 Å². The molecule has 7 heteroatoms. The molecule has 0 aliphatic carbocycles. The number of hydrogen-bond acceptors (Lipinski definition) is 3. The van der Waals surface area contributed by atoms with Gasteiger partial charge in [0, 0.05) is 5.69 Å². The molecule has 0 heterocycles. The van der Waals surface area contributed by atoms with Gasteiger partial charge in [-0.15, -0.1) is 0 Å². The van der Waals surface area contributed by atoms with Crippen LogP contribution in [0, 0.1) is 5.82 Å². The predicted octanol–water partition coefficient (Wildman–Crippen LogP) is 3.69. The highest BCUT2D eigenvalue weighted by atomic mass is 35.5. The zero-order valence-corrected chi connectivity index (χ0v) is 12.4. The van der Waals surface area contributed by atoms with Crippen molar-refractivity contribution in [2.45, 2.75) is 10.6 Å². The number of nitrogen functional groups attached to an aromatic ring is 1. The number of benzene rings is 2. The average Bonchev–Trinajstić information content (AvgIpc) is 2.37. The van der Waals surface area contributed by atoms with E-state index in [1.54, 1.807) is 0 Å². The molecule has 2 rings (SSSR count). The van der Waals surface area contributed by atoms with Crippen molar-refractivity contribution in [3.63, 3.8) is 0 Å². The van der Waals surface area contributed by atoms with E-state index >= 15 is 0 Å². The Morgan fingerprint density at radius 3 is 2.55 bits per heavy atom. The Balaban J connectivity index is 2.46. The van der Waals surface area contributed by atoms with Gasteiger partial charge in [-0.3, -0.25) is 0 Å². The molecule has 0 spiro atoms. The first-order valence-corrected chi connectivity index (χ1v) is 7.93. The quantitative estimate of drug-likeness (QED) is 0.871. The molecule has 0 bridgehead atoms. The second-order valence-corrected chi connectivity index (χ2v) is 6.91. The molecule has 0 saturated heterocycles. The standard InChI is InChI=1S/C13H10Cl2FNO2S/c14-10-5-4-9(17)6-12(10)20(18,19)7-8-2-1-3-11(16)13(8)15/h1-6H,7,17H2. The van der Waals surface area contributed by atoms with Crippen LogP contribution in [0.25, 0.3) is 0 Å². The minimum Gasteiger partial charge on any atom is -0.399 e. The van der Waals surface area contributed by atoms with Gasteiger partial charge in [-0.2, -0.15) is 0 Å². The maximum Gasteiger partial charge on any atom is 0.184 e. The second kappa shape index (κ2) is 5.60. The molecule has 0 aliphatic rings. The summed E-state index contributed by atoms with van der Waals surface area (Å²) in [6, 6.07) is 8.17. The molecule has 3 nitrogen and oxygen atoms in total. The first kappa shape index (κ1) is 15.1. The summed E-state index contributed by atoms with van der Waals surface area (Å²) in [5, 5.41) is -0.150. The lowest BCUT2D eigenvalue weighted by molar-refractivity contribution is 0.594. The van der Waals surface area contributed by atoms with E-state index in [0.29, 0.717) is 0 Å². The smallest absolute Gasteiger partial charge is 0.184 e. The molecule has 0 saturated carbocycles. The number of nitrogens with two attached hydrogens (primary N) is 1. The molecule has 0 atom stereocenters. The van der Waals surface area contributed by atoms with Crippen LogP contribution < -0.4 is 5.73 Å². The summed E-state index contributed by atoms with van der Waals surface area (Å²) >= 11 is 11.6. The third-order valence-corrected chi connectivity index (χ3v) is 5.23. The van der Waals surface area contributed by atoms with Crippen LogP contribution in [0.2, 0.25) is 10.0 Å². The summed E-state index contributed by atoms with van der Waals surface area (Å²) in [7, 11) is -3.77. The second-order valence-electron chi connectivity index (χ2n) is 4.16. The Morgan fingerprint density at radius 1 is 1.15 bits per heavy atom. The van der Waals surface area contributed by atoms with Crippen molar-refractivity contribution in [1.29, 1.82) is 0 Å². The van der Waals surface area contributed by atoms with Gasteiger partial charge in [0.25, 0.3) is 0 Å². The van der Waals surface area contributed by atoms with Crippen molar-refractivity contribution in [1.82, 2.24) is 0 Å². The Kier molecular flexibility index (Phi) is 4.22. The molecule has 0 amide bonds. The van der Waals surface area contributed by atoms with Crippen molar-refractivity contribution in [3.8, 4) is 0 Å². The summed E-state index contributed by atoms with van der Waals surface area (Å²) in [6.07, 6.45) is 0. The lowest BCUT2D eigenvalue weighted by Crippen LogP contribution is -2.07. The zero-order chi connectivity index (χ0) is 14.9. The highest BCUT2D eigenvalue weighted by molar-refractivity contribution is 7.90. The zero-order valence-electron chi connectivity index (χ0n) is 10.1. The third kappa shape index (κ3) is 3.06. The highest BCUT2D eigenvalue weighted by Gasteiger charge is 2.21. The Bertz CT molecular complexity index is 763. The van der Waals surface area contributed by atoms with Crippen molar-refractivity contribution in [2.75, 3.05) is 5.73 Å². The summed E-state index contributed by atoms with van der Waals surface area (Å²) in [6.45, 7) is 0. The summed E-state index contributed by atoms with van der Waals surface area (Å²) in [5.41, 5.74) is 6.01. The van der Waals surface area contributed by atoms with E-state index in [0.717, 1.165) is 6.07 Å². The van der Waals surface area contributed by atoms with Crippen molar-refractivity contribution in [2.24, 2.45) is 0 Å². The van der Waals surface area contributed by atoms with E-state index in [1.807, 2.05) is 0 Å². The molecule has 106 valence electrons. The van der Waals surface area contributed by atoms with Crippen LogP contribution in [0.1, 0.15) is 5.56 Å². The number of halogens is 3. The number of anilines is 1. The molecule has 0 fully saturated rings. The molecular formula is C13H10Cl2FNO2S. The lowest BCUT2D eigenvalue weighted by Gasteiger charge is -2.09. The van der Waals surface area contributed by atoms with E-state index in [1.165, 1.54) is 30.3 Å². The molecule has 2 N–H and O–H groups in total. The van der Waals surface area contributed by atoms with E-state index in [2.05, 4.69) is 0 Å². The predicted molar refractivity (Wildman–Crippen MR) is 78.2 cm³/mol. The topological polar surface area (TPSA) is 60.2 Å². The fraction of sp³-hybridized carbons (Fsp3) is 0.0769. The van der Waals surface area contributed by atoms with E-state index in [9.17, 15) is 12.8 Å². The van der Waals surface area contributed by atoms with Crippen molar-refractivity contribution in [3.05, 3.63) is 57.8 Å². The summed E-state index contributed by atoms with van der Waals surface area (Å²) in [5.74, 6) is -1.12. The van der Waals surface area contributed by atoms with Gasteiger partial charge in [0.15, 0.2) is 9.84 Å². The highest BCUT2D eigenvalue weighted by Crippen LogP contribution is 2.29. The average molecular weight is 334 g/mol. The van der Waals surface area contributed by atoms with Gasteiger partial charge in [0.05, 0.1) is 20.7 Å². The van der Waals surface area contributed by atoms with Crippen LogP contribution in [-0.2, 0) is 15.6 Å². The fourth-order valence-corrected chi connectivity index (χ4v) is 3.93. The maximum atomic E-state index is 13.3. The fourth-order valence-electron chi connectivity index (χ4n) is 1.70. The number of sulfone groups is 1. The molecule has 2 aromatic rings. The number of hydrogen-bond donors (Lipinski definition) is 1. The largest absolute Gasteiger partial charge is 0.399 e. The molecule has 0 aliphatic heterocycles. The van der Waals surface area contributed by atoms with E-state index in [-0.39, 0.29) is 26.2 Å². The van der Waals surface area contributed by atoms with Gasteiger partial charge in [0.2, 0.25) is 0 Å². The monoisotopic (exact) mass is 333 g/mol. The minimum absolute atomic E-state index is 0.0618. The maximum absolute atomic E-state index is 13.3. The first-order chi connectivity index (χ1) is 9.31. The van der Waals surface area contributed by atoms with Gasteiger partial charge in [-0.05, 0) is 29.8 Å². The third-order valence-electron chi connectivity index (χ3n) is 2.67. The van der Waals surface area contributed by atoms with Gasteiger partial charge >= 0.3 is 0 Å². The van der Waals surface area contributed by atoms with Crippen LogP contribution >= 0.6 is 23.2 Å². The molecule has 0 radical (unpaired) electrons. The first-order valence-electron chi connectivity index (χ1n) is 5.52. The van der Waals surface area contributed by atoms with Crippen LogP contribution in [0.5, 0.6) is 0 Å². The van der Waals surface area contributed by atoms with Gasteiger partial charge in [-0.1, -0.05) is 35.3 Å².